The molecule has 32 heavy (non-hydrogen) atoms. The third kappa shape index (κ3) is 5.18. The van der Waals surface area contributed by atoms with Gasteiger partial charge in [0.2, 0.25) is 10.0 Å². The van der Waals surface area contributed by atoms with E-state index in [1.54, 1.807) is 12.1 Å². The fraction of sp³-hybridized carbons (Fsp3) is 0.259. The van der Waals surface area contributed by atoms with Gasteiger partial charge in [0.05, 0.1) is 11.0 Å². The summed E-state index contributed by atoms with van der Waals surface area (Å²) >= 11 is 0. The highest BCUT2D eigenvalue weighted by molar-refractivity contribution is 7.89. The molecule has 1 fully saturated rings. The average molecular weight is 448 g/mol. The van der Waals surface area contributed by atoms with Crippen molar-refractivity contribution < 1.29 is 13.5 Å². The van der Waals surface area contributed by atoms with Crippen LogP contribution in [0, 0.1) is 12.8 Å². The van der Waals surface area contributed by atoms with Crippen molar-refractivity contribution in [3.05, 3.63) is 107 Å². The fourth-order valence-electron chi connectivity index (χ4n) is 4.24. The molecule has 1 saturated heterocycles. The Bertz CT molecular complexity index is 1160. The predicted octanol–water partition coefficient (Wildman–Crippen LogP) is 4.69. The van der Waals surface area contributed by atoms with Crippen LogP contribution >= 0.6 is 0 Å². The average Bonchev–Trinajstić information content (AvgIpc) is 2.80. The number of aliphatic hydroxyl groups is 1. The maximum absolute atomic E-state index is 13.3. The van der Waals surface area contributed by atoms with E-state index in [-0.39, 0.29) is 12.5 Å². The van der Waals surface area contributed by atoms with E-state index in [1.165, 1.54) is 4.31 Å². The first-order valence-corrected chi connectivity index (χ1v) is 12.4. The van der Waals surface area contributed by atoms with Gasteiger partial charge in [-0.3, -0.25) is 0 Å². The molecule has 1 aliphatic heterocycles. The Balaban J connectivity index is 1.66. The SMILES string of the molecule is Cc1ccc(S(=O)(=O)N2CC[C@H](O)[C@H](/C(=C\c3ccccc3)Cc3ccccc3)C2)cc1. The third-order valence-electron chi connectivity index (χ3n) is 6.08. The zero-order valence-electron chi connectivity index (χ0n) is 18.3. The smallest absolute Gasteiger partial charge is 0.243 e. The number of piperidine rings is 1. The number of aryl methyl sites for hydroxylation is 1. The maximum atomic E-state index is 13.3. The Morgan fingerprint density at radius 2 is 1.59 bits per heavy atom. The van der Waals surface area contributed by atoms with E-state index < -0.39 is 16.1 Å². The second-order valence-corrected chi connectivity index (χ2v) is 10.4. The maximum Gasteiger partial charge on any atom is 0.243 e. The minimum Gasteiger partial charge on any atom is -0.392 e. The Morgan fingerprint density at radius 3 is 2.25 bits per heavy atom. The number of benzene rings is 3. The van der Waals surface area contributed by atoms with Gasteiger partial charge in [-0.15, -0.1) is 0 Å². The Kier molecular flexibility index (Phi) is 6.89. The van der Waals surface area contributed by atoms with Crippen LogP contribution in [0.2, 0.25) is 0 Å². The summed E-state index contributed by atoms with van der Waals surface area (Å²) in [7, 11) is -3.62. The Morgan fingerprint density at radius 1 is 0.969 bits per heavy atom. The van der Waals surface area contributed by atoms with Crippen molar-refractivity contribution >= 4 is 16.1 Å². The van der Waals surface area contributed by atoms with Gasteiger partial charge in [-0.05, 0) is 43.0 Å². The molecule has 4 rings (SSSR count). The van der Waals surface area contributed by atoms with Crippen LogP contribution in [0.3, 0.4) is 0 Å². The number of nitrogens with zero attached hydrogens (tertiary/aromatic N) is 1. The summed E-state index contributed by atoms with van der Waals surface area (Å²) in [4.78, 5) is 0.301. The predicted molar refractivity (Wildman–Crippen MR) is 129 cm³/mol. The summed E-state index contributed by atoms with van der Waals surface area (Å²) in [5, 5.41) is 10.9. The molecule has 3 aromatic carbocycles. The van der Waals surface area contributed by atoms with Crippen LogP contribution in [0.25, 0.3) is 6.08 Å². The van der Waals surface area contributed by atoms with E-state index in [1.807, 2.05) is 67.6 Å². The van der Waals surface area contributed by atoms with Crippen molar-refractivity contribution in [2.24, 2.45) is 5.92 Å². The van der Waals surface area contributed by atoms with Crippen molar-refractivity contribution in [1.29, 1.82) is 0 Å². The van der Waals surface area contributed by atoms with Gasteiger partial charge in [0.25, 0.3) is 0 Å². The summed E-state index contributed by atoms with van der Waals surface area (Å²) < 4.78 is 28.2. The number of aliphatic hydroxyl groups excluding tert-OH is 1. The first-order valence-electron chi connectivity index (χ1n) is 11.0. The molecule has 0 aliphatic carbocycles. The minimum absolute atomic E-state index is 0.267. The second kappa shape index (κ2) is 9.82. The van der Waals surface area contributed by atoms with Gasteiger partial charge in [-0.1, -0.05) is 90.0 Å². The molecule has 2 atom stereocenters. The van der Waals surface area contributed by atoms with Gasteiger partial charge < -0.3 is 5.11 Å². The number of hydrogen-bond donors (Lipinski definition) is 1. The lowest BCUT2D eigenvalue weighted by Gasteiger charge is -2.37. The van der Waals surface area contributed by atoms with Gasteiger partial charge in [-0.25, -0.2) is 8.42 Å². The molecule has 1 aliphatic rings. The highest BCUT2D eigenvalue weighted by Gasteiger charge is 2.36. The van der Waals surface area contributed by atoms with Gasteiger partial charge in [0, 0.05) is 19.0 Å². The lowest BCUT2D eigenvalue weighted by molar-refractivity contribution is 0.0702. The van der Waals surface area contributed by atoms with Crippen LogP contribution in [-0.2, 0) is 16.4 Å². The van der Waals surface area contributed by atoms with E-state index in [4.69, 9.17) is 0 Å². The molecule has 0 amide bonds. The van der Waals surface area contributed by atoms with Crippen LogP contribution in [-0.4, -0.2) is 37.0 Å². The van der Waals surface area contributed by atoms with Crippen LogP contribution in [0.1, 0.15) is 23.1 Å². The first-order chi connectivity index (χ1) is 15.4. The Labute approximate surface area is 190 Å². The van der Waals surface area contributed by atoms with E-state index in [2.05, 4.69) is 18.2 Å². The van der Waals surface area contributed by atoms with Gasteiger partial charge >= 0.3 is 0 Å². The molecule has 5 heteroatoms. The van der Waals surface area contributed by atoms with Crippen molar-refractivity contribution in [3.8, 4) is 0 Å². The van der Waals surface area contributed by atoms with Crippen molar-refractivity contribution in [1.82, 2.24) is 4.31 Å². The molecular formula is C27H29NO3S. The van der Waals surface area contributed by atoms with Crippen LogP contribution in [0.5, 0.6) is 0 Å². The molecule has 0 spiro atoms. The Hall–Kier alpha value is -2.73. The quantitative estimate of drug-likeness (QED) is 0.596. The van der Waals surface area contributed by atoms with Gasteiger partial charge in [0.15, 0.2) is 0 Å². The summed E-state index contributed by atoms with van der Waals surface area (Å²) in [5.74, 6) is -0.274. The molecule has 1 N–H and O–H groups in total. The minimum atomic E-state index is -3.62. The monoisotopic (exact) mass is 447 g/mol. The summed E-state index contributed by atoms with van der Waals surface area (Å²) in [6, 6.07) is 27.1. The topological polar surface area (TPSA) is 57.6 Å². The molecular weight excluding hydrogens is 418 g/mol. The zero-order valence-corrected chi connectivity index (χ0v) is 19.1. The van der Waals surface area contributed by atoms with Crippen molar-refractivity contribution in [2.75, 3.05) is 13.1 Å². The molecule has 0 unspecified atom stereocenters. The lowest BCUT2D eigenvalue weighted by atomic mass is 9.84. The van der Waals surface area contributed by atoms with Crippen molar-refractivity contribution in [2.45, 2.75) is 30.8 Å². The highest BCUT2D eigenvalue weighted by atomic mass is 32.2. The van der Waals surface area contributed by atoms with Gasteiger partial charge in [0.1, 0.15) is 0 Å². The molecule has 166 valence electrons. The summed E-state index contributed by atoms with van der Waals surface area (Å²) in [6.45, 7) is 2.52. The second-order valence-electron chi connectivity index (χ2n) is 8.43. The first kappa shape index (κ1) is 22.5. The van der Waals surface area contributed by atoms with E-state index in [0.717, 1.165) is 22.3 Å². The largest absolute Gasteiger partial charge is 0.392 e. The van der Waals surface area contributed by atoms with E-state index >= 15 is 0 Å². The molecule has 3 aromatic rings. The van der Waals surface area contributed by atoms with Crippen molar-refractivity contribution in [3.63, 3.8) is 0 Å². The lowest BCUT2D eigenvalue weighted by Crippen LogP contribution is -2.46. The molecule has 0 saturated carbocycles. The van der Waals surface area contributed by atoms with Crippen LogP contribution < -0.4 is 0 Å². The highest BCUT2D eigenvalue weighted by Crippen LogP contribution is 2.31. The standard InChI is InChI=1S/C27H29NO3S/c1-21-12-14-25(15-13-21)32(30,31)28-17-16-27(29)26(20-28)24(18-22-8-4-2-5-9-22)19-23-10-6-3-7-11-23/h2-15,18,26-27,29H,16-17,19-20H2,1H3/b24-18-/t26-,27-/m0/s1. The number of hydrogen-bond acceptors (Lipinski definition) is 3. The van der Waals surface area contributed by atoms with Crippen LogP contribution in [0.15, 0.2) is 95.4 Å². The van der Waals surface area contributed by atoms with E-state index in [9.17, 15) is 13.5 Å². The molecule has 0 radical (unpaired) electrons. The molecule has 4 nitrogen and oxygen atoms in total. The number of rotatable bonds is 6. The summed E-state index contributed by atoms with van der Waals surface area (Å²) in [5.41, 5.74) is 4.25. The fourth-order valence-corrected chi connectivity index (χ4v) is 5.72. The number of sulfonamides is 1. The normalized spacial score (nSPS) is 20.2. The molecule has 1 heterocycles. The zero-order chi connectivity index (χ0) is 22.6. The molecule has 0 bridgehead atoms. The summed E-state index contributed by atoms with van der Waals surface area (Å²) in [6.07, 6.45) is 2.59. The third-order valence-corrected chi connectivity index (χ3v) is 7.96. The van der Waals surface area contributed by atoms with E-state index in [0.29, 0.717) is 24.3 Å². The molecule has 0 aromatic heterocycles. The van der Waals surface area contributed by atoms with Gasteiger partial charge in [-0.2, -0.15) is 4.31 Å². The van der Waals surface area contributed by atoms with Crippen LogP contribution in [0.4, 0.5) is 0 Å².